The fraction of sp³-hybridized carbons (Fsp3) is 0.381. The number of halogens is 1. The molecule has 4 rings (SSSR count). The van der Waals surface area contributed by atoms with Gasteiger partial charge in [0.1, 0.15) is 0 Å². The quantitative estimate of drug-likeness (QED) is 0.514. The van der Waals surface area contributed by atoms with Gasteiger partial charge >= 0.3 is 5.69 Å². The first-order valence-corrected chi connectivity index (χ1v) is 10.1. The highest BCUT2D eigenvalue weighted by Crippen LogP contribution is 2.25. The van der Waals surface area contributed by atoms with Crippen LogP contribution in [-0.2, 0) is 13.6 Å². The fourth-order valence-corrected chi connectivity index (χ4v) is 4.16. The summed E-state index contributed by atoms with van der Waals surface area (Å²) in [5.74, 6) is 0.692. The van der Waals surface area contributed by atoms with Gasteiger partial charge in [-0.3, -0.25) is 18.3 Å². The van der Waals surface area contributed by atoms with Crippen molar-refractivity contribution in [1.82, 2.24) is 23.1 Å². The first-order chi connectivity index (χ1) is 13.8. The van der Waals surface area contributed by atoms with Crippen molar-refractivity contribution in [3.8, 4) is 0 Å². The Bertz CT molecular complexity index is 1370. The summed E-state index contributed by atoms with van der Waals surface area (Å²) in [7, 11) is 1.65. The maximum Gasteiger partial charge on any atom is 0.332 e. The minimum atomic E-state index is -0.396. The van der Waals surface area contributed by atoms with Crippen LogP contribution >= 0.6 is 11.6 Å². The highest BCUT2D eigenvalue weighted by molar-refractivity contribution is 6.30. The summed E-state index contributed by atoms with van der Waals surface area (Å²) in [6.45, 7) is 8.41. The van der Waals surface area contributed by atoms with E-state index in [4.69, 9.17) is 16.6 Å². The van der Waals surface area contributed by atoms with Crippen molar-refractivity contribution in [2.75, 3.05) is 0 Å². The molecular weight excluding hydrogens is 390 g/mol. The molecule has 0 bridgehead atoms. The third-order valence-corrected chi connectivity index (χ3v) is 6.06. The van der Waals surface area contributed by atoms with Crippen molar-refractivity contribution in [2.24, 2.45) is 7.05 Å². The van der Waals surface area contributed by atoms with Gasteiger partial charge in [-0.2, -0.15) is 4.98 Å². The Balaban J connectivity index is 2.07. The molecule has 8 heteroatoms. The molecular formula is C21H24ClN5O2. The van der Waals surface area contributed by atoms with E-state index in [9.17, 15) is 9.59 Å². The summed E-state index contributed by atoms with van der Waals surface area (Å²) in [4.78, 5) is 31.1. The van der Waals surface area contributed by atoms with E-state index in [-0.39, 0.29) is 18.1 Å². The zero-order valence-corrected chi connectivity index (χ0v) is 18.0. The van der Waals surface area contributed by atoms with Crippen LogP contribution in [-0.4, -0.2) is 23.1 Å². The van der Waals surface area contributed by atoms with Gasteiger partial charge in [0.25, 0.3) is 5.56 Å². The lowest BCUT2D eigenvalue weighted by Gasteiger charge is -2.13. The summed E-state index contributed by atoms with van der Waals surface area (Å²) in [6, 6.07) is 7.41. The molecule has 0 aliphatic carbocycles. The van der Waals surface area contributed by atoms with Gasteiger partial charge in [-0.15, -0.1) is 0 Å². The Labute approximate surface area is 172 Å². The van der Waals surface area contributed by atoms with Crippen LogP contribution in [0.5, 0.6) is 0 Å². The van der Waals surface area contributed by atoms with Crippen molar-refractivity contribution >= 4 is 28.5 Å². The lowest BCUT2D eigenvalue weighted by Crippen LogP contribution is -2.39. The lowest BCUT2D eigenvalue weighted by atomic mass is 10.2. The van der Waals surface area contributed by atoms with Crippen molar-refractivity contribution in [1.29, 1.82) is 0 Å². The maximum atomic E-state index is 13.4. The monoisotopic (exact) mass is 413 g/mol. The van der Waals surface area contributed by atoms with Crippen LogP contribution in [0.3, 0.4) is 0 Å². The van der Waals surface area contributed by atoms with Crippen LogP contribution < -0.4 is 11.2 Å². The zero-order valence-electron chi connectivity index (χ0n) is 17.2. The second-order valence-electron chi connectivity index (χ2n) is 7.58. The largest absolute Gasteiger partial charge is 0.332 e. The van der Waals surface area contributed by atoms with Crippen LogP contribution in [0.4, 0.5) is 0 Å². The first kappa shape index (κ1) is 19.5. The Morgan fingerprint density at radius 2 is 1.90 bits per heavy atom. The molecule has 0 spiro atoms. The minimum Gasteiger partial charge on any atom is -0.311 e. The number of aromatic nitrogens is 5. The lowest BCUT2D eigenvalue weighted by molar-refractivity contribution is 0.532. The van der Waals surface area contributed by atoms with E-state index in [2.05, 4.69) is 18.4 Å². The van der Waals surface area contributed by atoms with Crippen LogP contribution in [0, 0.1) is 13.8 Å². The fourth-order valence-electron chi connectivity index (χ4n) is 3.94. The van der Waals surface area contributed by atoms with Gasteiger partial charge in [0.05, 0.1) is 6.54 Å². The second-order valence-corrected chi connectivity index (χ2v) is 8.02. The molecule has 0 aliphatic rings. The average Bonchev–Trinajstić information content (AvgIpc) is 3.19. The topological polar surface area (TPSA) is 66.2 Å². The molecule has 1 aromatic carbocycles. The van der Waals surface area contributed by atoms with Crippen LogP contribution in [0.2, 0.25) is 5.02 Å². The molecule has 0 radical (unpaired) electrons. The number of aryl methyl sites for hydroxylation is 2. The molecule has 0 saturated heterocycles. The van der Waals surface area contributed by atoms with Gasteiger partial charge in [-0.1, -0.05) is 30.7 Å². The summed E-state index contributed by atoms with van der Waals surface area (Å²) >= 11 is 6.07. The number of hydrogen-bond donors (Lipinski definition) is 0. The van der Waals surface area contributed by atoms with E-state index in [1.54, 1.807) is 19.2 Å². The van der Waals surface area contributed by atoms with Crippen molar-refractivity contribution in [2.45, 2.75) is 46.7 Å². The number of rotatable bonds is 4. The Kier molecular flexibility index (Phi) is 4.65. The third-order valence-electron chi connectivity index (χ3n) is 5.82. The number of hydrogen-bond acceptors (Lipinski definition) is 3. The first-order valence-electron chi connectivity index (χ1n) is 9.70. The van der Waals surface area contributed by atoms with Gasteiger partial charge in [0.2, 0.25) is 5.78 Å². The molecule has 3 aromatic heterocycles. The van der Waals surface area contributed by atoms with E-state index in [0.29, 0.717) is 22.0 Å². The third kappa shape index (κ3) is 2.83. The van der Waals surface area contributed by atoms with Crippen molar-refractivity contribution in [3.63, 3.8) is 0 Å². The zero-order chi connectivity index (χ0) is 21.0. The average molecular weight is 414 g/mol. The van der Waals surface area contributed by atoms with Gasteiger partial charge in [0.15, 0.2) is 11.2 Å². The number of nitrogens with zero attached hydrogens (tertiary/aromatic N) is 5. The Hall–Kier alpha value is -2.80. The molecule has 152 valence electrons. The van der Waals surface area contributed by atoms with Crippen LogP contribution in [0.25, 0.3) is 16.9 Å². The SMILES string of the molecule is CC[C@@H](C)n1c(C)c(C)n2c3c(=O)n(Cc4cccc(Cl)c4)c(=O)n(C)c3nc12. The summed E-state index contributed by atoms with van der Waals surface area (Å²) < 4.78 is 6.72. The van der Waals surface area contributed by atoms with E-state index in [1.807, 2.05) is 30.4 Å². The van der Waals surface area contributed by atoms with E-state index < -0.39 is 5.69 Å². The molecule has 7 nitrogen and oxygen atoms in total. The molecule has 0 fully saturated rings. The molecule has 1 atom stereocenters. The Morgan fingerprint density at radius 1 is 1.17 bits per heavy atom. The summed E-state index contributed by atoms with van der Waals surface area (Å²) in [5, 5.41) is 0.567. The van der Waals surface area contributed by atoms with Gasteiger partial charge in [-0.25, -0.2) is 4.79 Å². The highest BCUT2D eigenvalue weighted by atomic mass is 35.5. The molecule has 0 amide bonds. The molecule has 0 unspecified atom stereocenters. The van der Waals surface area contributed by atoms with Gasteiger partial charge in [0, 0.05) is 29.5 Å². The van der Waals surface area contributed by atoms with E-state index in [1.165, 1.54) is 9.13 Å². The van der Waals surface area contributed by atoms with Gasteiger partial charge in [-0.05, 0) is 44.9 Å². The number of imidazole rings is 2. The van der Waals surface area contributed by atoms with Gasteiger partial charge < -0.3 is 4.57 Å². The second kappa shape index (κ2) is 6.91. The molecule has 0 N–H and O–H groups in total. The molecule has 3 heterocycles. The Morgan fingerprint density at radius 3 is 2.55 bits per heavy atom. The van der Waals surface area contributed by atoms with E-state index in [0.717, 1.165) is 23.4 Å². The number of benzene rings is 1. The molecule has 4 aromatic rings. The predicted octanol–water partition coefficient (Wildman–Crippen LogP) is 3.44. The van der Waals surface area contributed by atoms with Crippen LogP contribution in [0.1, 0.15) is 43.3 Å². The van der Waals surface area contributed by atoms with E-state index >= 15 is 0 Å². The maximum absolute atomic E-state index is 13.4. The number of fused-ring (bicyclic) bond motifs is 3. The molecule has 0 aliphatic heterocycles. The predicted molar refractivity (Wildman–Crippen MR) is 115 cm³/mol. The van der Waals surface area contributed by atoms with Crippen molar-refractivity contribution in [3.05, 3.63) is 67.1 Å². The smallest absolute Gasteiger partial charge is 0.311 e. The normalized spacial score (nSPS) is 12.9. The summed E-state index contributed by atoms with van der Waals surface area (Å²) in [5.41, 5.74) is 2.89. The molecule has 29 heavy (non-hydrogen) atoms. The summed E-state index contributed by atoms with van der Waals surface area (Å²) in [6.07, 6.45) is 0.936. The molecule has 0 saturated carbocycles. The standard InChI is InChI=1S/C21H24ClN5O2/c1-6-12(2)26-13(3)14(4)27-17-18(23-20(26)27)24(5)21(29)25(19(17)28)11-15-8-7-9-16(22)10-15/h7-10,12H,6,11H2,1-5H3/t12-/m1/s1. The highest BCUT2D eigenvalue weighted by Gasteiger charge is 2.24. The van der Waals surface area contributed by atoms with Crippen LogP contribution in [0.15, 0.2) is 33.9 Å². The van der Waals surface area contributed by atoms with Crippen molar-refractivity contribution < 1.29 is 0 Å². The minimum absolute atomic E-state index is 0.152.